The van der Waals surface area contributed by atoms with Crippen LogP contribution in [0, 0.1) is 0 Å². The topological polar surface area (TPSA) is 68.9 Å². The monoisotopic (exact) mass is 325 g/mol. The SMILES string of the molecule is COc1ccc(NC(N)=NC2CC2(C)c2ccccc2OC)cc1. The van der Waals surface area contributed by atoms with Crippen LogP contribution in [0.15, 0.2) is 53.5 Å². The number of nitrogens with zero attached hydrogens (tertiary/aromatic N) is 1. The highest BCUT2D eigenvalue weighted by molar-refractivity contribution is 5.92. The number of hydrogen-bond donors (Lipinski definition) is 2. The maximum absolute atomic E-state index is 6.06. The number of methoxy groups -OCH3 is 2. The summed E-state index contributed by atoms with van der Waals surface area (Å²) < 4.78 is 10.6. The van der Waals surface area contributed by atoms with E-state index in [9.17, 15) is 0 Å². The van der Waals surface area contributed by atoms with Gasteiger partial charge in [-0.15, -0.1) is 0 Å². The van der Waals surface area contributed by atoms with Crippen molar-refractivity contribution >= 4 is 11.6 Å². The van der Waals surface area contributed by atoms with Crippen LogP contribution in [-0.4, -0.2) is 26.2 Å². The Morgan fingerprint density at radius 2 is 1.83 bits per heavy atom. The molecule has 3 rings (SSSR count). The second-order valence-electron chi connectivity index (χ2n) is 6.21. The summed E-state index contributed by atoms with van der Waals surface area (Å²) in [6.45, 7) is 2.19. The lowest BCUT2D eigenvalue weighted by atomic mass is 9.96. The Bertz CT molecular complexity index is 743. The van der Waals surface area contributed by atoms with Gasteiger partial charge in [0.15, 0.2) is 5.96 Å². The fraction of sp³-hybridized carbons (Fsp3) is 0.316. The molecule has 2 aromatic carbocycles. The van der Waals surface area contributed by atoms with E-state index in [1.165, 1.54) is 5.56 Å². The molecular weight excluding hydrogens is 302 g/mol. The number of hydrogen-bond acceptors (Lipinski definition) is 3. The molecule has 0 amide bonds. The van der Waals surface area contributed by atoms with E-state index in [1.807, 2.05) is 42.5 Å². The van der Waals surface area contributed by atoms with E-state index < -0.39 is 0 Å². The zero-order valence-electron chi connectivity index (χ0n) is 14.2. The van der Waals surface area contributed by atoms with E-state index in [0.717, 1.165) is 23.6 Å². The molecule has 2 atom stereocenters. The average Bonchev–Trinajstić information content (AvgIpc) is 3.26. The van der Waals surface area contributed by atoms with Crippen molar-refractivity contribution in [3.8, 4) is 11.5 Å². The summed E-state index contributed by atoms with van der Waals surface area (Å²) in [6, 6.07) is 15.8. The summed E-state index contributed by atoms with van der Waals surface area (Å²) in [7, 11) is 3.34. The minimum absolute atomic E-state index is 0.0290. The Labute approximate surface area is 142 Å². The quantitative estimate of drug-likeness (QED) is 0.654. The molecule has 1 fully saturated rings. The van der Waals surface area contributed by atoms with Crippen molar-refractivity contribution in [1.82, 2.24) is 0 Å². The lowest BCUT2D eigenvalue weighted by Crippen LogP contribution is -2.24. The van der Waals surface area contributed by atoms with Crippen LogP contribution in [0.5, 0.6) is 11.5 Å². The van der Waals surface area contributed by atoms with Crippen molar-refractivity contribution in [2.75, 3.05) is 19.5 Å². The first-order valence-corrected chi connectivity index (χ1v) is 7.94. The summed E-state index contributed by atoms with van der Waals surface area (Å²) in [6.07, 6.45) is 0.957. The number of benzene rings is 2. The second kappa shape index (κ2) is 6.43. The van der Waals surface area contributed by atoms with E-state index in [-0.39, 0.29) is 11.5 Å². The molecule has 0 heterocycles. The van der Waals surface area contributed by atoms with Crippen molar-refractivity contribution in [3.05, 3.63) is 54.1 Å². The number of aliphatic imine (C=N–C) groups is 1. The van der Waals surface area contributed by atoms with Gasteiger partial charge in [-0.2, -0.15) is 0 Å². The molecule has 5 nitrogen and oxygen atoms in total. The Morgan fingerprint density at radius 1 is 1.12 bits per heavy atom. The van der Waals surface area contributed by atoms with Crippen molar-refractivity contribution in [1.29, 1.82) is 0 Å². The molecule has 0 radical (unpaired) electrons. The van der Waals surface area contributed by atoms with Gasteiger partial charge < -0.3 is 20.5 Å². The zero-order chi connectivity index (χ0) is 17.2. The number of para-hydroxylation sites is 1. The first kappa shape index (κ1) is 16.2. The van der Waals surface area contributed by atoms with Gasteiger partial charge in [-0.05, 0) is 36.8 Å². The van der Waals surface area contributed by atoms with Crippen LogP contribution < -0.4 is 20.5 Å². The highest BCUT2D eigenvalue weighted by Crippen LogP contribution is 2.52. The summed E-state index contributed by atoms with van der Waals surface area (Å²) in [4.78, 5) is 4.63. The van der Waals surface area contributed by atoms with Gasteiger partial charge in [0.05, 0.1) is 20.3 Å². The smallest absolute Gasteiger partial charge is 0.193 e. The van der Waals surface area contributed by atoms with E-state index in [2.05, 4.69) is 23.3 Å². The van der Waals surface area contributed by atoms with E-state index >= 15 is 0 Å². The maximum atomic E-state index is 6.06. The van der Waals surface area contributed by atoms with Gasteiger partial charge in [0, 0.05) is 16.7 Å². The molecule has 0 bridgehead atoms. The van der Waals surface area contributed by atoms with E-state index in [1.54, 1.807) is 14.2 Å². The fourth-order valence-corrected chi connectivity index (χ4v) is 2.96. The van der Waals surface area contributed by atoms with Gasteiger partial charge in [0.25, 0.3) is 0 Å². The largest absolute Gasteiger partial charge is 0.497 e. The molecule has 1 saturated carbocycles. The predicted octanol–water partition coefficient (Wildman–Crippen LogP) is 3.16. The lowest BCUT2D eigenvalue weighted by molar-refractivity contribution is 0.405. The molecule has 126 valence electrons. The highest BCUT2D eigenvalue weighted by atomic mass is 16.5. The molecule has 5 heteroatoms. The number of ether oxygens (including phenoxy) is 2. The van der Waals surface area contributed by atoms with Crippen molar-refractivity contribution in [2.24, 2.45) is 10.7 Å². The Kier molecular flexibility index (Phi) is 4.34. The van der Waals surface area contributed by atoms with Crippen LogP contribution in [0.3, 0.4) is 0 Å². The Hall–Kier alpha value is -2.69. The van der Waals surface area contributed by atoms with Gasteiger partial charge in [-0.1, -0.05) is 25.1 Å². The third kappa shape index (κ3) is 3.15. The first-order chi connectivity index (χ1) is 11.6. The Morgan fingerprint density at radius 3 is 2.50 bits per heavy atom. The normalized spacial score (nSPS) is 22.8. The average molecular weight is 325 g/mol. The molecule has 3 N–H and O–H groups in total. The molecule has 0 aromatic heterocycles. The Balaban J connectivity index is 1.70. The number of nitrogens with one attached hydrogen (secondary N) is 1. The zero-order valence-corrected chi connectivity index (χ0v) is 14.2. The van der Waals surface area contributed by atoms with Crippen LogP contribution in [-0.2, 0) is 5.41 Å². The number of guanidine groups is 1. The first-order valence-electron chi connectivity index (χ1n) is 7.94. The predicted molar refractivity (Wildman–Crippen MR) is 97.0 cm³/mol. The lowest BCUT2D eigenvalue weighted by Gasteiger charge is -2.15. The number of rotatable bonds is 5. The van der Waals surface area contributed by atoms with Gasteiger partial charge in [-0.25, -0.2) is 4.99 Å². The minimum Gasteiger partial charge on any atom is -0.497 e. The molecule has 2 unspecified atom stereocenters. The van der Waals surface area contributed by atoms with Gasteiger partial charge in [-0.3, -0.25) is 0 Å². The maximum Gasteiger partial charge on any atom is 0.193 e. The fourth-order valence-electron chi connectivity index (χ4n) is 2.96. The highest BCUT2D eigenvalue weighted by Gasteiger charge is 2.53. The van der Waals surface area contributed by atoms with Crippen molar-refractivity contribution in [2.45, 2.75) is 24.8 Å². The molecule has 0 saturated heterocycles. The van der Waals surface area contributed by atoms with Crippen LogP contribution in [0.1, 0.15) is 18.9 Å². The van der Waals surface area contributed by atoms with Gasteiger partial charge >= 0.3 is 0 Å². The summed E-state index contributed by atoms with van der Waals surface area (Å²) in [5, 5.41) is 3.12. The third-order valence-electron chi connectivity index (χ3n) is 4.57. The molecule has 1 aliphatic carbocycles. The molecule has 24 heavy (non-hydrogen) atoms. The molecule has 0 spiro atoms. The summed E-state index contributed by atoms with van der Waals surface area (Å²) in [5.41, 5.74) is 8.10. The van der Waals surface area contributed by atoms with Crippen molar-refractivity contribution in [3.63, 3.8) is 0 Å². The minimum atomic E-state index is -0.0290. The van der Waals surface area contributed by atoms with E-state index in [4.69, 9.17) is 15.2 Å². The summed E-state index contributed by atoms with van der Waals surface area (Å²) >= 11 is 0. The molecule has 0 aliphatic heterocycles. The van der Waals surface area contributed by atoms with Crippen LogP contribution in [0.25, 0.3) is 0 Å². The molecular formula is C19H23N3O2. The molecule has 1 aliphatic rings. The summed E-state index contributed by atoms with van der Waals surface area (Å²) in [5.74, 6) is 2.13. The van der Waals surface area contributed by atoms with Gasteiger partial charge in [0.2, 0.25) is 0 Å². The second-order valence-corrected chi connectivity index (χ2v) is 6.21. The molecule has 2 aromatic rings. The van der Waals surface area contributed by atoms with Gasteiger partial charge in [0.1, 0.15) is 11.5 Å². The third-order valence-corrected chi connectivity index (χ3v) is 4.57. The van der Waals surface area contributed by atoms with Crippen molar-refractivity contribution < 1.29 is 9.47 Å². The van der Waals surface area contributed by atoms with Crippen LogP contribution in [0.4, 0.5) is 5.69 Å². The van der Waals surface area contributed by atoms with Crippen LogP contribution >= 0.6 is 0 Å². The van der Waals surface area contributed by atoms with E-state index in [0.29, 0.717) is 5.96 Å². The standard InChI is InChI=1S/C19H23N3O2/c1-19(15-6-4-5-7-16(15)24-3)12-17(19)22-18(20)21-13-8-10-14(23-2)11-9-13/h4-11,17H,12H2,1-3H3,(H3,20,21,22). The van der Waals surface area contributed by atoms with Crippen LogP contribution in [0.2, 0.25) is 0 Å². The number of anilines is 1. The number of nitrogens with two attached hydrogens (primary N) is 1.